The number of carbonyl (C=O) groups is 1. The maximum Gasteiger partial charge on any atom is 0.338 e. The number of thiazole rings is 1. The zero-order chi connectivity index (χ0) is 27.9. The normalized spacial score (nSPS) is 14.7. The first kappa shape index (κ1) is 27.7. The fraction of sp³-hybridized carbons (Fsp3) is 0.300. The Labute approximate surface area is 230 Å². The molecule has 2 aromatic carbocycles. The summed E-state index contributed by atoms with van der Waals surface area (Å²) in [5, 5.41) is 0. The van der Waals surface area contributed by atoms with Crippen molar-refractivity contribution in [3.05, 3.63) is 84.5 Å². The van der Waals surface area contributed by atoms with Crippen LogP contribution in [0.15, 0.2) is 63.5 Å². The molecule has 0 N–H and O–H groups in total. The standard InChI is InChI=1S/C30H30N2O6S/c1-6-11-21-26(29(34)37-8-3)27(20-12-9-10-13-22(20)35-4)32-28(33)25(39-30(32)31-21)18-19-14-15-23(38-16-7-2)24(17-19)36-5/h2,9-10,12-15,17-18,27H,6,8,11,16H2,1,3-5H3/b25-18-/t27-/m0/s1. The summed E-state index contributed by atoms with van der Waals surface area (Å²) in [6.07, 6.45) is 8.39. The number of rotatable bonds is 10. The summed E-state index contributed by atoms with van der Waals surface area (Å²) in [7, 11) is 3.10. The number of nitrogens with zero attached hydrogens (tertiary/aromatic N) is 2. The third-order valence-electron chi connectivity index (χ3n) is 6.12. The molecule has 0 radical (unpaired) electrons. The molecular weight excluding hydrogens is 516 g/mol. The van der Waals surface area contributed by atoms with Crippen molar-refractivity contribution in [3.63, 3.8) is 0 Å². The number of esters is 1. The lowest BCUT2D eigenvalue weighted by atomic mass is 9.93. The van der Waals surface area contributed by atoms with Crippen molar-refractivity contribution in [2.24, 2.45) is 4.99 Å². The van der Waals surface area contributed by atoms with Crippen LogP contribution < -0.4 is 29.1 Å². The van der Waals surface area contributed by atoms with Crippen LogP contribution >= 0.6 is 11.3 Å². The van der Waals surface area contributed by atoms with Crippen LogP contribution in [0.5, 0.6) is 17.2 Å². The minimum atomic E-state index is -0.755. The van der Waals surface area contributed by atoms with Gasteiger partial charge in [-0.05, 0) is 43.2 Å². The summed E-state index contributed by atoms with van der Waals surface area (Å²) >= 11 is 1.26. The van der Waals surface area contributed by atoms with E-state index in [1.807, 2.05) is 37.3 Å². The number of fused-ring (bicyclic) bond motifs is 1. The molecule has 1 aliphatic rings. The largest absolute Gasteiger partial charge is 0.496 e. The summed E-state index contributed by atoms with van der Waals surface area (Å²) in [6, 6.07) is 11.9. The van der Waals surface area contributed by atoms with E-state index in [0.29, 0.717) is 49.8 Å². The average molecular weight is 547 g/mol. The summed E-state index contributed by atoms with van der Waals surface area (Å²) in [5.41, 5.74) is 2.09. The fourth-order valence-electron chi connectivity index (χ4n) is 4.47. The van der Waals surface area contributed by atoms with Gasteiger partial charge in [-0.25, -0.2) is 9.79 Å². The zero-order valence-electron chi connectivity index (χ0n) is 22.4. The van der Waals surface area contributed by atoms with E-state index in [1.54, 1.807) is 36.8 Å². The Hall–Kier alpha value is -4.29. The number of aromatic nitrogens is 1. The van der Waals surface area contributed by atoms with E-state index in [1.165, 1.54) is 18.4 Å². The number of hydrogen-bond donors (Lipinski definition) is 0. The average Bonchev–Trinajstić information content (AvgIpc) is 3.25. The van der Waals surface area contributed by atoms with Gasteiger partial charge in [-0.15, -0.1) is 6.42 Å². The van der Waals surface area contributed by atoms with Gasteiger partial charge in [-0.3, -0.25) is 9.36 Å². The molecule has 4 rings (SSSR count). The smallest absolute Gasteiger partial charge is 0.338 e. The molecule has 0 saturated heterocycles. The zero-order valence-corrected chi connectivity index (χ0v) is 23.2. The molecule has 0 fully saturated rings. The number of carbonyl (C=O) groups excluding carboxylic acids is 1. The van der Waals surface area contributed by atoms with Crippen LogP contribution in [0.1, 0.15) is 43.9 Å². The third-order valence-corrected chi connectivity index (χ3v) is 7.11. The summed E-state index contributed by atoms with van der Waals surface area (Å²) < 4.78 is 24.1. The Morgan fingerprint density at radius 1 is 1.13 bits per heavy atom. The lowest BCUT2D eigenvalue weighted by Crippen LogP contribution is -2.40. The Kier molecular flexibility index (Phi) is 8.89. The van der Waals surface area contributed by atoms with Crippen LogP contribution in [-0.2, 0) is 9.53 Å². The highest BCUT2D eigenvalue weighted by Crippen LogP contribution is 2.37. The van der Waals surface area contributed by atoms with Gasteiger partial charge in [0.25, 0.3) is 5.56 Å². The minimum Gasteiger partial charge on any atom is -0.496 e. The van der Waals surface area contributed by atoms with Gasteiger partial charge in [0, 0.05) is 5.56 Å². The number of para-hydroxylation sites is 1. The number of allylic oxidation sites excluding steroid dienone is 1. The van der Waals surface area contributed by atoms with Gasteiger partial charge in [0.2, 0.25) is 0 Å². The monoisotopic (exact) mass is 546 g/mol. The van der Waals surface area contributed by atoms with Crippen LogP contribution in [0.3, 0.4) is 0 Å². The second-order valence-electron chi connectivity index (χ2n) is 8.56. The molecule has 0 amide bonds. The molecule has 3 aromatic rings. The Bertz CT molecular complexity index is 1630. The highest BCUT2D eigenvalue weighted by atomic mass is 32.1. The number of terminal acetylenes is 1. The molecule has 1 aromatic heterocycles. The molecule has 0 saturated carbocycles. The Balaban J connectivity index is 1.95. The summed E-state index contributed by atoms with van der Waals surface area (Å²) in [6.45, 7) is 4.08. The topological polar surface area (TPSA) is 88.4 Å². The summed E-state index contributed by atoms with van der Waals surface area (Å²) in [4.78, 5) is 32.6. The van der Waals surface area contributed by atoms with Gasteiger partial charge in [0.15, 0.2) is 16.3 Å². The van der Waals surface area contributed by atoms with Gasteiger partial charge in [-0.1, -0.05) is 54.9 Å². The minimum absolute atomic E-state index is 0.111. The second-order valence-corrected chi connectivity index (χ2v) is 9.57. The first-order valence-corrected chi connectivity index (χ1v) is 13.4. The molecule has 2 heterocycles. The van der Waals surface area contributed by atoms with Crippen LogP contribution in [0.2, 0.25) is 0 Å². The van der Waals surface area contributed by atoms with Crippen molar-refractivity contribution in [1.82, 2.24) is 4.57 Å². The molecule has 202 valence electrons. The van der Waals surface area contributed by atoms with Crippen molar-refractivity contribution in [2.45, 2.75) is 32.7 Å². The van der Waals surface area contributed by atoms with Crippen molar-refractivity contribution < 1.29 is 23.7 Å². The number of ether oxygens (including phenoxy) is 4. The Morgan fingerprint density at radius 3 is 2.59 bits per heavy atom. The van der Waals surface area contributed by atoms with Crippen LogP contribution in [-0.4, -0.2) is 38.0 Å². The predicted molar refractivity (Wildman–Crippen MR) is 150 cm³/mol. The molecule has 0 unspecified atom stereocenters. The first-order chi connectivity index (χ1) is 19.0. The highest BCUT2D eigenvalue weighted by molar-refractivity contribution is 7.07. The van der Waals surface area contributed by atoms with Crippen molar-refractivity contribution in [1.29, 1.82) is 0 Å². The van der Waals surface area contributed by atoms with Crippen LogP contribution in [0, 0.1) is 12.3 Å². The van der Waals surface area contributed by atoms with Crippen LogP contribution in [0.4, 0.5) is 0 Å². The van der Waals surface area contributed by atoms with Gasteiger partial charge in [0.05, 0.1) is 36.6 Å². The lowest BCUT2D eigenvalue weighted by molar-refractivity contribution is -0.139. The van der Waals surface area contributed by atoms with E-state index in [2.05, 4.69) is 5.92 Å². The third kappa shape index (κ3) is 5.61. The van der Waals surface area contributed by atoms with E-state index in [9.17, 15) is 9.59 Å². The molecule has 0 aliphatic carbocycles. The Morgan fingerprint density at radius 2 is 1.90 bits per heavy atom. The lowest BCUT2D eigenvalue weighted by Gasteiger charge is -2.26. The first-order valence-electron chi connectivity index (χ1n) is 12.6. The molecule has 9 heteroatoms. The second kappa shape index (κ2) is 12.5. The quantitative estimate of drug-likeness (QED) is 0.285. The molecule has 0 bridgehead atoms. The van der Waals surface area contributed by atoms with Gasteiger partial charge in [0.1, 0.15) is 18.4 Å². The number of benzene rings is 2. The SMILES string of the molecule is C#CCOc1ccc(/C=c2\sc3n(c2=O)[C@@H](c2ccccc2OC)C(C(=O)OCC)=C(CCC)N=3)cc1OC. The molecule has 8 nitrogen and oxygen atoms in total. The molecular formula is C30H30N2O6S. The fourth-order valence-corrected chi connectivity index (χ4v) is 5.49. The molecule has 39 heavy (non-hydrogen) atoms. The summed E-state index contributed by atoms with van der Waals surface area (Å²) in [5.74, 6) is 3.49. The maximum absolute atomic E-state index is 13.9. The van der Waals surface area contributed by atoms with E-state index in [0.717, 1.165) is 12.0 Å². The molecule has 1 atom stereocenters. The molecule has 0 spiro atoms. The maximum atomic E-state index is 13.9. The van der Waals surface area contributed by atoms with Crippen molar-refractivity contribution >= 4 is 23.4 Å². The van der Waals surface area contributed by atoms with Gasteiger partial charge < -0.3 is 18.9 Å². The van der Waals surface area contributed by atoms with E-state index in [-0.39, 0.29) is 18.8 Å². The number of hydrogen-bond acceptors (Lipinski definition) is 8. The van der Waals surface area contributed by atoms with Gasteiger partial charge in [-0.2, -0.15) is 0 Å². The van der Waals surface area contributed by atoms with E-state index < -0.39 is 12.0 Å². The van der Waals surface area contributed by atoms with Gasteiger partial charge >= 0.3 is 5.97 Å². The van der Waals surface area contributed by atoms with E-state index in [4.69, 9.17) is 30.4 Å². The van der Waals surface area contributed by atoms with Crippen molar-refractivity contribution in [2.75, 3.05) is 27.4 Å². The predicted octanol–water partition coefficient (Wildman–Crippen LogP) is 3.61. The highest BCUT2D eigenvalue weighted by Gasteiger charge is 2.35. The van der Waals surface area contributed by atoms with E-state index >= 15 is 0 Å². The van der Waals surface area contributed by atoms with Crippen molar-refractivity contribution in [3.8, 4) is 29.6 Å². The van der Waals surface area contributed by atoms with Crippen LogP contribution in [0.25, 0.3) is 6.08 Å². The number of methoxy groups -OCH3 is 2. The molecule has 1 aliphatic heterocycles.